The van der Waals surface area contributed by atoms with E-state index in [4.69, 9.17) is 4.74 Å². The maximum absolute atomic E-state index is 13.5. The van der Waals surface area contributed by atoms with Crippen molar-refractivity contribution in [2.24, 2.45) is 0 Å². The summed E-state index contributed by atoms with van der Waals surface area (Å²) in [6, 6.07) is 19.1. The van der Waals surface area contributed by atoms with Crippen LogP contribution in [0, 0.1) is 5.82 Å². The second kappa shape index (κ2) is 9.50. The Morgan fingerprint density at radius 2 is 1.79 bits per heavy atom. The van der Waals surface area contributed by atoms with Gasteiger partial charge in [0.25, 0.3) is 11.8 Å². The first kappa shape index (κ1) is 22.6. The minimum Gasteiger partial charge on any atom is -0.361 e. The number of carbonyl (C=O) groups excluding carboxylic acids is 2. The lowest BCUT2D eigenvalue weighted by atomic mass is 9.87. The molecule has 1 aromatic heterocycles. The van der Waals surface area contributed by atoms with Gasteiger partial charge in [0, 0.05) is 33.3 Å². The zero-order chi connectivity index (χ0) is 23.4. The predicted octanol–water partition coefficient (Wildman–Crippen LogP) is 3.43. The molecule has 6 nitrogen and oxygen atoms in total. The quantitative estimate of drug-likeness (QED) is 0.601. The summed E-state index contributed by atoms with van der Waals surface area (Å²) in [5, 5.41) is 0. The van der Waals surface area contributed by atoms with E-state index >= 15 is 0 Å². The van der Waals surface area contributed by atoms with Crippen LogP contribution in [0.25, 0.3) is 11.1 Å². The van der Waals surface area contributed by atoms with E-state index in [1.807, 2.05) is 24.3 Å². The van der Waals surface area contributed by atoms with Gasteiger partial charge in [0.05, 0.1) is 13.2 Å². The van der Waals surface area contributed by atoms with E-state index in [2.05, 4.69) is 4.98 Å². The molecule has 3 aromatic rings. The lowest BCUT2D eigenvalue weighted by Gasteiger charge is -2.43. The molecule has 1 aliphatic rings. The van der Waals surface area contributed by atoms with E-state index in [0.717, 1.165) is 16.7 Å². The van der Waals surface area contributed by atoms with E-state index in [0.29, 0.717) is 12.2 Å². The van der Waals surface area contributed by atoms with Gasteiger partial charge in [-0.2, -0.15) is 0 Å². The van der Waals surface area contributed by atoms with Crippen molar-refractivity contribution in [3.8, 4) is 11.1 Å². The Morgan fingerprint density at radius 1 is 1.06 bits per heavy atom. The molecule has 1 aliphatic heterocycles. The first-order valence-corrected chi connectivity index (χ1v) is 10.8. The molecule has 0 saturated carbocycles. The molecular weight excluding hydrogens is 421 g/mol. The minimum absolute atomic E-state index is 0.108. The number of halogens is 1. The van der Waals surface area contributed by atoms with Gasteiger partial charge >= 0.3 is 0 Å². The zero-order valence-electron chi connectivity index (χ0n) is 18.7. The van der Waals surface area contributed by atoms with Crippen LogP contribution >= 0.6 is 0 Å². The van der Waals surface area contributed by atoms with Crippen molar-refractivity contribution in [1.82, 2.24) is 14.8 Å². The Morgan fingerprint density at radius 3 is 2.48 bits per heavy atom. The molecule has 0 bridgehead atoms. The van der Waals surface area contributed by atoms with Crippen LogP contribution in [0.1, 0.15) is 16.1 Å². The summed E-state index contributed by atoms with van der Waals surface area (Å²) in [5.41, 5.74) is 1.70. The summed E-state index contributed by atoms with van der Waals surface area (Å²) >= 11 is 0. The molecule has 1 atom stereocenters. The van der Waals surface area contributed by atoms with Gasteiger partial charge in [0.15, 0.2) is 5.60 Å². The van der Waals surface area contributed by atoms with Crippen LogP contribution in [0.15, 0.2) is 72.9 Å². The predicted molar refractivity (Wildman–Crippen MR) is 123 cm³/mol. The van der Waals surface area contributed by atoms with Crippen molar-refractivity contribution in [3.05, 3.63) is 90.0 Å². The number of benzene rings is 2. The summed E-state index contributed by atoms with van der Waals surface area (Å²) in [6.07, 6.45) is 1.84. The van der Waals surface area contributed by atoms with Crippen LogP contribution in [0.3, 0.4) is 0 Å². The van der Waals surface area contributed by atoms with Crippen LogP contribution in [0.2, 0.25) is 0 Å². The van der Waals surface area contributed by atoms with Crippen molar-refractivity contribution in [1.29, 1.82) is 0 Å². The molecule has 1 fully saturated rings. The maximum atomic E-state index is 13.5. The molecule has 0 N–H and O–H groups in total. The van der Waals surface area contributed by atoms with Crippen molar-refractivity contribution in [2.75, 3.05) is 33.8 Å². The summed E-state index contributed by atoms with van der Waals surface area (Å²) in [5.74, 6) is -0.758. The highest BCUT2D eigenvalue weighted by atomic mass is 19.1. The van der Waals surface area contributed by atoms with Crippen molar-refractivity contribution in [2.45, 2.75) is 12.0 Å². The summed E-state index contributed by atoms with van der Waals surface area (Å²) in [7, 11) is 3.36. The van der Waals surface area contributed by atoms with Crippen LogP contribution in [0.4, 0.5) is 4.39 Å². The summed E-state index contributed by atoms with van der Waals surface area (Å²) in [4.78, 5) is 33.8. The van der Waals surface area contributed by atoms with Crippen LogP contribution in [-0.2, 0) is 16.0 Å². The summed E-state index contributed by atoms with van der Waals surface area (Å²) in [6.45, 7) is 0.714. The van der Waals surface area contributed by atoms with Crippen molar-refractivity contribution >= 4 is 11.8 Å². The van der Waals surface area contributed by atoms with Gasteiger partial charge in [-0.25, -0.2) is 4.39 Å². The third-order valence-corrected chi connectivity index (χ3v) is 5.80. The smallest absolute Gasteiger partial charge is 0.272 e. The first-order valence-electron chi connectivity index (χ1n) is 10.8. The maximum Gasteiger partial charge on any atom is 0.272 e. The molecule has 1 unspecified atom stereocenters. The third-order valence-electron chi connectivity index (χ3n) is 5.80. The number of rotatable bonds is 5. The van der Waals surface area contributed by atoms with Crippen LogP contribution in [-0.4, -0.2) is 66.0 Å². The normalized spacial score (nSPS) is 18.1. The fourth-order valence-electron chi connectivity index (χ4n) is 4.22. The van der Waals surface area contributed by atoms with Crippen molar-refractivity contribution in [3.63, 3.8) is 0 Å². The number of morpholine rings is 1. The molecule has 2 amide bonds. The standard InChI is InChI=1S/C26H26FN3O3/c1-29(2)25(32)26(18-30(15-16-33-26)24(31)23-9-5-6-14-28-23)17-20-7-3-4-8-22(20)19-10-12-21(27)13-11-19/h3-14H,15-18H2,1-2H3. The lowest BCUT2D eigenvalue weighted by molar-refractivity contribution is -0.165. The Hall–Kier alpha value is -3.58. The number of likely N-dealkylation sites (N-methyl/N-ethyl adjacent to an activating group) is 1. The molecule has 0 radical (unpaired) electrons. The van der Waals surface area contributed by atoms with Crippen LogP contribution < -0.4 is 0 Å². The molecular formula is C26H26FN3O3. The Kier molecular flexibility index (Phi) is 6.51. The number of nitrogens with zero attached hydrogens (tertiary/aromatic N) is 3. The highest BCUT2D eigenvalue weighted by Crippen LogP contribution is 2.31. The molecule has 2 heterocycles. The fraction of sp³-hybridized carbons (Fsp3) is 0.269. The Balaban J connectivity index is 1.70. The molecule has 33 heavy (non-hydrogen) atoms. The molecule has 7 heteroatoms. The highest BCUT2D eigenvalue weighted by molar-refractivity contribution is 5.94. The summed E-state index contributed by atoms with van der Waals surface area (Å²) < 4.78 is 19.6. The molecule has 2 aromatic carbocycles. The average Bonchev–Trinajstić information content (AvgIpc) is 2.84. The zero-order valence-corrected chi connectivity index (χ0v) is 18.7. The average molecular weight is 448 g/mol. The Labute approximate surface area is 192 Å². The number of hydrogen-bond donors (Lipinski definition) is 0. The monoisotopic (exact) mass is 447 g/mol. The van der Waals surface area contributed by atoms with E-state index in [9.17, 15) is 14.0 Å². The first-order chi connectivity index (χ1) is 15.9. The van der Waals surface area contributed by atoms with Gasteiger partial charge in [-0.05, 0) is 41.0 Å². The van der Waals surface area contributed by atoms with E-state index in [1.54, 1.807) is 55.5 Å². The highest BCUT2D eigenvalue weighted by Gasteiger charge is 2.46. The SMILES string of the molecule is CN(C)C(=O)C1(Cc2ccccc2-c2ccc(F)cc2)CN(C(=O)c2ccccn2)CCO1. The molecule has 170 valence electrons. The van der Waals surface area contributed by atoms with E-state index < -0.39 is 5.60 Å². The number of amides is 2. The van der Waals surface area contributed by atoms with Gasteiger partial charge < -0.3 is 14.5 Å². The molecule has 0 spiro atoms. The minimum atomic E-state index is -1.25. The van der Waals surface area contributed by atoms with Gasteiger partial charge in [-0.15, -0.1) is 0 Å². The topological polar surface area (TPSA) is 62.7 Å². The molecule has 1 saturated heterocycles. The second-order valence-electron chi connectivity index (χ2n) is 8.32. The van der Waals surface area contributed by atoms with Crippen molar-refractivity contribution < 1.29 is 18.7 Å². The lowest BCUT2D eigenvalue weighted by Crippen LogP contribution is -2.61. The van der Waals surface area contributed by atoms with Gasteiger partial charge in [-0.1, -0.05) is 42.5 Å². The van der Waals surface area contributed by atoms with Crippen LogP contribution in [0.5, 0.6) is 0 Å². The van der Waals surface area contributed by atoms with E-state index in [1.165, 1.54) is 17.0 Å². The number of pyridine rings is 1. The third kappa shape index (κ3) is 4.78. The second-order valence-corrected chi connectivity index (χ2v) is 8.32. The van der Waals surface area contributed by atoms with Gasteiger partial charge in [0.2, 0.25) is 0 Å². The van der Waals surface area contributed by atoms with Gasteiger partial charge in [-0.3, -0.25) is 14.6 Å². The molecule has 4 rings (SSSR count). The van der Waals surface area contributed by atoms with E-state index in [-0.39, 0.29) is 37.2 Å². The van der Waals surface area contributed by atoms with Gasteiger partial charge in [0.1, 0.15) is 11.5 Å². The molecule has 0 aliphatic carbocycles. The number of carbonyl (C=O) groups is 2. The number of hydrogen-bond acceptors (Lipinski definition) is 4. The fourth-order valence-corrected chi connectivity index (χ4v) is 4.22. The number of ether oxygens (including phenoxy) is 1. The largest absolute Gasteiger partial charge is 0.361 e. The number of aromatic nitrogens is 1. The Bertz CT molecular complexity index is 1140.